The Morgan fingerprint density at radius 1 is 1.03 bits per heavy atom. The van der Waals surface area contributed by atoms with Gasteiger partial charge in [-0.25, -0.2) is 4.98 Å². The van der Waals surface area contributed by atoms with E-state index in [1.807, 2.05) is 30.3 Å². The van der Waals surface area contributed by atoms with Crippen LogP contribution in [0.5, 0.6) is 11.5 Å². The van der Waals surface area contributed by atoms with Crippen molar-refractivity contribution in [2.24, 2.45) is 0 Å². The standard InChI is InChI=1S/C27H28N2O3/c1-29-14-12-20(13-15-29)22-8-5-6-19-10-11-21(16-24(19)22)31-18-27-28-17-26(32-27)23-7-3-4-9-25(23)30-2/h3-11,16-17,20H,12-15,18H2,1-2H3. The van der Waals surface area contributed by atoms with Crippen LogP contribution in [0.25, 0.3) is 22.1 Å². The predicted molar refractivity (Wildman–Crippen MR) is 126 cm³/mol. The van der Waals surface area contributed by atoms with Gasteiger partial charge in [-0.15, -0.1) is 0 Å². The van der Waals surface area contributed by atoms with Gasteiger partial charge in [-0.2, -0.15) is 0 Å². The third-order valence-corrected chi connectivity index (χ3v) is 6.33. The van der Waals surface area contributed by atoms with Crippen LogP contribution < -0.4 is 9.47 Å². The third kappa shape index (κ3) is 4.21. The molecule has 0 N–H and O–H groups in total. The molecule has 0 atom stereocenters. The second kappa shape index (κ2) is 9.05. The van der Waals surface area contributed by atoms with Crippen molar-refractivity contribution in [3.05, 3.63) is 78.3 Å². The van der Waals surface area contributed by atoms with E-state index >= 15 is 0 Å². The fourth-order valence-corrected chi connectivity index (χ4v) is 4.54. The van der Waals surface area contributed by atoms with Gasteiger partial charge in [0, 0.05) is 0 Å². The molecule has 3 aromatic carbocycles. The number of oxazole rings is 1. The monoisotopic (exact) mass is 428 g/mol. The molecule has 0 radical (unpaired) electrons. The Balaban J connectivity index is 1.34. The highest BCUT2D eigenvalue weighted by Crippen LogP contribution is 2.35. The number of piperidine rings is 1. The van der Waals surface area contributed by atoms with Crippen LogP contribution in [0.1, 0.15) is 30.2 Å². The predicted octanol–water partition coefficient (Wildman–Crippen LogP) is 5.89. The van der Waals surface area contributed by atoms with Crippen LogP contribution in [0, 0.1) is 0 Å². The zero-order valence-corrected chi connectivity index (χ0v) is 18.6. The highest BCUT2D eigenvalue weighted by Gasteiger charge is 2.20. The number of rotatable bonds is 6. The first kappa shape index (κ1) is 20.6. The van der Waals surface area contributed by atoms with Crippen molar-refractivity contribution in [3.8, 4) is 22.8 Å². The largest absolute Gasteiger partial charge is 0.496 e. The summed E-state index contributed by atoms with van der Waals surface area (Å²) in [4.78, 5) is 6.80. The molecule has 1 fully saturated rings. The quantitative estimate of drug-likeness (QED) is 0.383. The number of hydrogen-bond acceptors (Lipinski definition) is 5. The summed E-state index contributed by atoms with van der Waals surface area (Å²) in [6.07, 6.45) is 4.11. The van der Waals surface area contributed by atoms with Gasteiger partial charge in [0.1, 0.15) is 11.5 Å². The molecule has 0 spiro atoms. The number of aromatic nitrogens is 1. The van der Waals surface area contributed by atoms with E-state index < -0.39 is 0 Å². The first-order valence-corrected chi connectivity index (χ1v) is 11.1. The van der Waals surface area contributed by atoms with Crippen molar-refractivity contribution >= 4 is 10.8 Å². The van der Waals surface area contributed by atoms with Crippen molar-refractivity contribution in [1.29, 1.82) is 0 Å². The van der Waals surface area contributed by atoms with Crippen molar-refractivity contribution in [2.75, 3.05) is 27.2 Å². The Morgan fingerprint density at radius 2 is 1.88 bits per heavy atom. The molecule has 5 heteroatoms. The van der Waals surface area contributed by atoms with E-state index in [1.165, 1.54) is 29.2 Å². The number of likely N-dealkylation sites (tertiary alicyclic amines) is 1. The fraction of sp³-hybridized carbons (Fsp3) is 0.296. The summed E-state index contributed by atoms with van der Waals surface area (Å²) >= 11 is 0. The smallest absolute Gasteiger partial charge is 0.232 e. The summed E-state index contributed by atoms with van der Waals surface area (Å²) in [6.45, 7) is 2.57. The fourth-order valence-electron chi connectivity index (χ4n) is 4.54. The molecule has 5 rings (SSSR count). The molecule has 4 aromatic rings. The summed E-state index contributed by atoms with van der Waals surface area (Å²) in [5, 5.41) is 2.53. The topological polar surface area (TPSA) is 47.7 Å². The highest BCUT2D eigenvalue weighted by molar-refractivity contribution is 5.87. The molecule has 0 amide bonds. The molecule has 1 saturated heterocycles. The van der Waals surface area contributed by atoms with Gasteiger partial charge in [-0.1, -0.05) is 36.4 Å². The minimum atomic E-state index is 0.275. The lowest BCUT2D eigenvalue weighted by molar-refractivity contribution is 0.256. The SMILES string of the molecule is COc1ccccc1-c1cnc(COc2ccc3cccc(C4CCN(C)CC4)c3c2)o1. The first-order chi connectivity index (χ1) is 15.7. The molecule has 2 heterocycles. The molecule has 5 nitrogen and oxygen atoms in total. The van der Waals surface area contributed by atoms with Crippen molar-refractivity contribution in [1.82, 2.24) is 9.88 Å². The number of para-hydroxylation sites is 1. The maximum absolute atomic E-state index is 6.07. The molecule has 0 bridgehead atoms. The Kier molecular flexibility index (Phi) is 5.82. The molecule has 164 valence electrons. The van der Waals surface area contributed by atoms with E-state index in [4.69, 9.17) is 13.9 Å². The highest BCUT2D eigenvalue weighted by atomic mass is 16.5. The second-order valence-corrected chi connectivity index (χ2v) is 8.41. The molecule has 0 aliphatic carbocycles. The zero-order valence-electron chi connectivity index (χ0n) is 18.6. The Morgan fingerprint density at radius 3 is 2.72 bits per heavy atom. The summed E-state index contributed by atoms with van der Waals surface area (Å²) in [5.41, 5.74) is 2.30. The van der Waals surface area contributed by atoms with Gasteiger partial charge in [0.05, 0.1) is 18.9 Å². The van der Waals surface area contributed by atoms with E-state index in [-0.39, 0.29) is 6.61 Å². The number of ether oxygens (including phenoxy) is 2. The second-order valence-electron chi connectivity index (χ2n) is 8.41. The van der Waals surface area contributed by atoms with Gasteiger partial charge < -0.3 is 18.8 Å². The Bertz CT molecular complexity index is 1210. The average Bonchev–Trinajstić information content (AvgIpc) is 3.32. The number of fused-ring (bicyclic) bond motifs is 1. The lowest BCUT2D eigenvalue weighted by Crippen LogP contribution is -2.29. The minimum Gasteiger partial charge on any atom is -0.496 e. The normalized spacial score (nSPS) is 15.2. The molecular formula is C27H28N2O3. The maximum Gasteiger partial charge on any atom is 0.232 e. The summed E-state index contributed by atoms with van der Waals surface area (Å²) in [5.74, 6) is 3.39. The van der Waals surface area contributed by atoms with E-state index in [0.29, 0.717) is 17.6 Å². The number of methoxy groups -OCH3 is 1. The van der Waals surface area contributed by atoms with Gasteiger partial charge in [0.2, 0.25) is 5.89 Å². The van der Waals surface area contributed by atoms with Gasteiger partial charge in [-0.05, 0) is 79.5 Å². The van der Waals surface area contributed by atoms with Crippen LogP contribution in [-0.2, 0) is 6.61 Å². The van der Waals surface area contributed by atoms with Gasteiger partial charge >= 0.3 is 0 Å². The Hall–Kier alpha value is -3.31. The molecule has 1 aliphatic heterocycles. The van der Waals surface area contributed by atoms with Crippen LogP contribution in [0.2, 0.25) is 0 Å². The number of hydrogen-bond donors (Lipinski definition) is 0. The van der Waals surface area contributed by atoms with Crippen molar-refractivity contribution in [2.45, 2.75) is 25.4 Å². The zero-order chi connectivity index (χ0) is 21.9. The van der Waals surface area contributed by atoms with E-state index in [2.05, 4.69) is 47.3 Å². The molecule has 1 aliphatic rings. The van der Waals surface area contributed by atoms with E-state index in [1.54, 1.807) is 13.3 Å². The van der Waals surface area contributed by atoms with Crippen LogP contribution >= 0.6 is 0 Å². The van der Waals surface area contributed by atoms with Crippen molar-refractivity contribution < 1.29 is 13.9 Å². The van der Waals surface area contributed by atoms with Crippen LogP contribution in [-0.4, -0.2) is 37.1 Å². The lowest BCUT2D eigenvalue weighted by Gasteiger charge is -2.30. The number of benzene rings is 3. The van der Waals surface area contributed by atoms with E-state index in [0.717, 1.165) is 30.2 Å². The molecule has 0 saturated carbocycles. The summed E-state index contributed by atoms with van der Waals surface area (Å²) < 4.78 is 17.4. The summed E-state index contributed by atoms with van der Waals surface area (Å²) in [7, 11) is 3.85. The lowest BCUT2D eigenvalue weighted by atomic mass is 9.86. The van der Waals surface area contributed by atoms with Gasteiger partial charge in [0.15, 0.2) is 12.4 Å². The van der Waals surface area contributed by atoms with Crippen LogP contribution in [0.15, 0.2) is 71.3 Å². The third-order valence-electron chi connectivity index (χ3n) is 6.33. The molecule has 1 aromatic heterocycles. The van der Waals surface area contributed by atoms with Crippen LogP contribution in [0.3, 0.4) is 0 Å². The van der Waals surface area contributed by atoms with E-state index in [9.17, 15) is 0 Å². The molecular weight excluding hydrogens is 400 g/mol. The van der Waals surface area contributed by atoms with Crippen molar-refractivity contribution in [3.63, 3.8) is 0 Å². The first-order valence-electron chi connectivity index (χ1n) is 11.1. The van der Waals surface area contributed by atoms with Gasteiger partial charge in [-0.3, -0.25) is 0 Å². The maximum atomic E-state index is 6.07. The Labute approximate surface area is 188 Å². The molecule has 0 unspecified atom stereocenters. The van der Waals surface area contributed by atoms with Crippen LogP contribution in [0.4, 0.5) is 0 Å². The number of nitrogens with zero attached hydrogens (tertiary/aromatic N) is 2. The molecule has 32 heavy (non-hydrogen) atoms. The van der Waals surface area contributed by atoms with Gasteiger partial charge in [0.25, 0.3) is 0 Å². The minimum absolute atomic E-state index is 0.275. The summed E-state index contributed by atoms with van der Waals surface area (Å²) in [6, 6.07) is 20.7. The average molecular weight is 429 g/mol.